The summed E-state index contributed by atoms with van der Waals surface area (Å²) in [6, 6.07) is 2.05. The van der Waals surface area contributed by atoms with Crippen LogP contribution in [0.15, 0.2) is 23.6 Å². The third-order valence-electron chi connectivity index (χ3n) is 4.97. The Balaban J connectivity index is 1.76. The van der Waals surface area contributed by atoms with E-state index in [4.69, 9.17) is 4.74 Å². The van der Waals surface area contributed by atoms with Crippen LogP contribution in [0.1, 0.15) is 24.2 Å². The highest BCUT2D eigenvalue weighted by atomic mass is 32.2. The van der Waals surface area contributed by atoms with Gasteiger partial charge in [-0.3, -0.25) is 4.90 Å². The molecule has 0 aliphatic carbocycles. The van der Waals surface area contributed by atoms with Crippen molar-refractivity contribution in [2.45, 2.75) is 30.0 Å². The first-order valence-corrected chi connectivity index (χ1v) is 10.2. The quantitative estimate of drug-likeness (QED) is 0.769. The molecule has 0 unspecified atom stereocenters. The largest absolute Gasteiger partial charge is 0.433 e. The number of halogens is 3. The third kappa shape index (κ3) is 4.34. The number of rotatable bonds is 4. The summed E-state index contributed by atoms with van der Waals surface area (Å²) in [5.41, 5.74) is -1.42. The highest BCUT2D eigenvalue weighted by molar-refractivity contribution is 7.89. The minimum atomic E-state index is -4.64. The van der Waals surface area contributed by atoms with Crippen LogP contribution >= 0.6 is 0 Å². The fraction of sp³-hybridized carbons (Fsp3) is 0.588. The first kappa shape index (κ1) is 20.2. The fourth-order valence-electron chi connectivity index (χ4n) is 3.48. The molecule has 150 valence electrons. The molecule has 0 radical (unpaired) electrons. The number of hydrogen-bond donors (Lipinski definition) is 0. The lowest BCUT2D eigenvalue weighted by Crippen LogP contribution is -2.53. The fourth-order valence-corrected chi connectivity index (χ4v) is 5.04. The van der Waals surface area contributed by atoms with E-state index < -0.39 is 21.9 Å². The summed E-state index contributed by atoms with van der Waals surface area (Å²) in [5, 5.41) is 0. The molecule has 2 aliphatic heterocycles. The average Bonchev–Trinajstić information content (AvgIpc) is 2.67. The highest BCUT2D eigenvalue weighted by Gasteiger charge is 2.36. The van der Waals surface area contributed by atoms with E-state index in [1.807, 2.05) is 0 Å². The maximum Gasteiger partial charge on any atom is 0.433 e. The number of piperazine rings is 1. The van der Waals surface area contributed by atoms with Gasteiger partial charge in [-0.2, -0.15) is 17.5 Å². The molecule has 1 aromatic heterocycles. The van der Waals surface area contributed by atoms with E-state index >= 15 is 0 Å². The van der Waals surface area contributed by atoms with Crippen molar-refractivity contribution in [3.05, 3.63) is 30.1 Å². The van der Waals surface area contributed by atoms with Gasteiger partial charge in [-0.15, -0.1) is 0 Å². The molecular formula is C17H22F3N3O3S. The molecule has 1 aromatic rings. The molecule has 6 nitrogen and oxygen atoms in total. The lowest BCUT2D eigenvalue weighted by Gasteiger charge is -2.40. The topological polar surface area (TPSA) is 62.7 Å². The van der Waals surface area contributed by atoms with Crippen LogP contribution in [0.4, 0.5) is 13.2 Å². The molecule has 27 heavy (non-hydrogen) atoms. The third-order valence-corrected chi connectivity index (χ3v) is 6.91. The average molecular weight is 405 g/mol. The first-order chi connectivity index (χ1) is 12.7. The molecule has 0 bridgehead atoms. The summed E-state index contributed by atoms with van der Waals surface area (Å²) in [7, 11) is -3.94. The summed E-state index contributed by atoms with van der Waals surface area (Å²) in [6.45, 7) is 6.58. The van der Waals surface area contributed by atoms with Gasteiger partial charge in [0.1, 0.15) is 10.6 Å². The Labute approximate surface area is 156 Å². The first-order valence-electron chi connectivity index (χ1n) is 8.76. The van der Waals surface area contributed by atoms with Gasteiger partial charge in [-0.25, -0.2) is 13.4 Å². The van der Waals surface area contributed by atoms with Crippen LogP contribution in [0.3, 0.4) is 0 Å². The van der Waals surface area contributed by atoms with Gasteiger partial charge < -0.3 is 4.74 Å². The van der Waals surface area contributed by atoms with Gasteiger partial charge in [0.2, 0.25) is 10.0 Å². The Kier molecular flexibility index (Phi) is 5.90. The van der Waals surface area contributed by atoms with Gasteiger partial charge in [0, 0.05) is 45.4 Å². The van der Waals surface area contributed by atoms with E-state index in [-0.39, 0.29) is 23.7 Å². The molecule has 3 heterocycles. The Hall–Kier alpha value is -1.49. The van der Waals surface area contributed by atoms with Crippen molar-refractivity contribution in [3.63, 3.8) is 0 Å². The maximum atomic E-state index is 12.9. The smallest absolute Gasteiger partial charge is 0.381 e. The van der Waals surface area contributed by atoms with Gasteiger partial charge in [-0.1, -0.05) is 6.58 Å². The number of aromatic nitrogens is 1. The lowest BCUT2D eigenvalue weighted by molar-refractivity contribution is -0.141. The Morgan fingerprint density at radius 3 is 2.33 bits per heavy atom. The van der Waals surface area contributed by atoms with Gasteiger partial charge in [0.15, 0.2) is 0 Å². The van der Waals surface area contributed by atoms with Crippen molar-refractivity contribution in [2.24, 2.45) is 0 Å². The van der Waals surface area contributed by atoms with E-state index in [1.54, 1.807) is 0 Å². The molecule has 0 saturated carbocycles. The zero-order chi connectivity index (χ0) is 19.7. The molecule has 0 N–H and O–H groups in total. The predicted molar refractivity (Wildman–Crippen MR) is 93.5 cm³/mol. The summed E-state index contributed by atoms with van der Waals surface area (Å²) in [4.78, 5) is 5.45. The molecule has 0 spiro atoms. The summed E-state index contributed by atoms with van der Waals surface area (Å²) in [6.07, 6.45) is -1.75. The van der Waals surface area contributed by atoms with Crippen LogP contribution < -0.4 is 0 Å². The van der Waals surface area contributed by atoms with Gasteiger partial charge in [0.25, 0.3) is 0 Å². The second-order valence-corrected chi connectivity index (χ2v) is 8.47. The second kappa shape index (κ2) is 7.86. The van der Waals surface area contributed by atoms with Crippen molar-refractivity contribution >= 4 is 16.1 Å². The van der Waals surface area contributed by atoms with E-state index in [9.17, 15) is 21.6 Å². The lowest BCUT2D eigenvalue weighted by atomic mass is 10.1. The standard InChI is InChI=1S/C17H22F3N3O3S/c1-2-14-15(3-4-16(21-14)17(18,19)20)27(24,25)23-9-7-22(8-10-23)13-5-11-26-12-6-13/h2-4,13H,1,5-12H2. The van der Waals surface area contributed by atoms with E-state index in [1.165, 1.54) is 4.31 Å². The minimum Gasteiger partial charge on any atom is -0.381 e. The van der Waals surface area contributed by atoms with Crippen molar-refractivity contribution in [1.29, 1.82) is 0 Å². The zero-order valence-electron chi connectivity index (χ0n) is 14.8. The number of ether oxygens (including phenoxy) is 1. The predicted octanol–water partition coefficient (Wildman–Crippen LogP) is 2.23. The summed E-state index contributed by atoms with van der Waals surface area (Å²) >= 11 is 0. The SMILES string of the molecule is C=Cc1nc(C(F)(F)F)ccc1S(=O)(=O)N1CCN(C2CCOCC2)CC1. The number of sulfonamides is 1. The summed E-state index contributed by atoms with van der Waals surface area (Å²) in [5.74, 6) is 0. The van der Waals surface area contributed by atoms with Crippen molar-refractivity contribution in [2.75, 3.05) is 39.4 Å². The van der Waals surface area contributed by atoms with Crippen LogP contribution in [-0.4, -0.2) is 68.0 Å². The molecular weight excluding hydrogens is 383 g/mol. The van der Waals surface area contributed by atoms with Crippen molar-refractivity contribution < 1.29 is 26.3 Å². The van der Waals surface area contributed by atoms with Crippen LogP contribution in [0, 0.1) is 0 Å². The number of nitrogens with zero attached hydrogens (tertiary/aromatic N) is 3. The molecule has 0 amide bonds. The normalized spacial score (nSPS) is 21.3. The second-order valence-electron chi connectivity index (χ2n) is 6.57. The van der Waals surface area contributed by atoms with Crippen LogP contribution in [0.25, 0.3) is 6.08 Å². The van der Waals surface area contributed by atoms with E-state index in [2.05, 4.69) is 16.5 Å². The monoisotopic (exact) mass is 405 g/mol. The molecule has 0 aromatic carbocycles. The Bertz CT molecular complexity index is 784. The zero-order valence-corrected chi connectivity index (χ0v) is 15.6. The molecule has 2 fully saturated rings. The number of hydrogen-bond acceptors (Lipinski definition) is 5. The Morgan fingerprint density at radius 1 is 1.15 bits per heavy atom. The van der Waals surface area contributed by atoms with Gasteiger partial charge in [0.05, 0.1) is 5.69 Å². The van der Waals surface area contributed by atoms with Crippen LogP contribution in [0.5, 0.6) is 0 Å². The van der Waals surface area contributed by atoms with Gasteiger partial charge in [-0.05, 0) is 31.1 Å². The molecule has 0 atom stereocenters. The number of pyridine rings is 1. The number of alkyl halides is 3. The molecule has 2 saturated heterocycles. The van der Waals surface area contributed by atoms with E-state index in [0.29, 0.717) is 38.4 Å². The van der Waals surface area contributed by atoms with Crippen LogP contribution in [-0.2, 0) is 20.9 Å². The molecule has 10 heteroatoms. The van der Waals surface area contributed by atoms with E-state index in [0.717, 1.165) is 25.0 Å². The van der Waals surface area contributed by atoms with Crippen molar-refractivity contribution in [1.82, 2.24) is 14.2 Å². The Morgan fingerprint density at radius 2 is 1.78 bits per heavy atom. The van der Waals surface area contributed by atoms with Crippen LogP contribution in [0.2, 0.25) is 0 Å². The highest BCUT2D eigenvalue weighted by Crippen LogP contribution is 2.30. The van der Waals surface area contributed by atoms with Gasteiger partial charge >= 0.3 is 6.18 Å². The minimum absolute atomic E-state index is 0.245. The summed E-state index contributed by atoms with van der Waals surface area (Å²) < 4.78 is 71.0. The molecule has 3 rings (SSSR count). The van der Waals surface area contributed by atoms with Crippen molar-refractivity contribution in [3.8, 4) is 0 Å². The maximum absolute atomic E-state index is 12.9. The molecule has 2 aliphatic rings.